The summed E-state index contributed by atoms with van der Waals surface area (Å²) in [7, 11) is 2.07. The third kappa shape index (κ3) is 3.98. The number of phenols is 1. The lowest BCUT2D eigenvalue weighted by atomic mass is 10.0. The summed E-state index contributed by atoms with van der Waals surface area (Å²) < 4.78 is 40.3. The van der Waals surface area contributed by atoms with Crippen molar-refractivity contribution in [2.45, 2.75) is 32.0 Å². The number of nitrogens with one attached hydrogen (secondary N) is 1. The highest BCUT2D eigenvalue weighted by Crippen LogP contribution is 2.38. The summed E-state index contributed by atoms with van der Waals surface area (Å²) in [5.41, 5.74) is -0.0505. The number of hydrogen-bond acceptors (Lipinski definition) is 6. The molecule has 0 radical (unpaired) electrons. The van der Waals surface area contributed by atoms with Gasteiger partial charge in [0.1, 0.15) is 5.75 Å². The number of alkyl halides is 3. The molecule has 1 fully saturated rings. The van der Waals surface area contributed by atoms with E-state index >= 15 is 0 Å². The molecule has 3 heterocycles. The van der Waals surface area contributed by atoms with Crippen molar-refractivity contribution in [1.82, 2.24) is 24.5 Å². The lowest BCUT2D eigenvalue weighted by Gasteiger charge is -2.29. The van der Waals surface area contributed by atoms with E-state index in [4.69, 9.17) is 0 Å². The van der Waals surface area contributed by atoms with Crippen LogP contribution in [0, 0.1) is 6.92 Å². The number of fused-ring (bicyclic) bond motifs is 1. The highest BCUT2D eigenvalue weighted by Gasteiger charge is 2.32. The molecule has 1 aliphatic rings. The number of piperidine rings is 1. The van der Waals surface area contributed by atoms with E-state index in [1.807, 2.05) is 0 Å². The van der Waals surface area contributed by atoms with Crippen LogP contribution in [0.5, 0.6) is 5.75 Å². The minimum Gasteiger partial charge on any atom is -0.507 e. The van der Waals surface area contributed by atoms with Crippen molar-refractivity contribution < 1.29 is 18.3 Å². The van der Waals surface area contributed by atoms with Crippen LogP contribution in [0.1, 0.15) is 24.0 Å². The fraction of sp³-hybridized carbons (Fsp3) is 0.421. The number of hydrogen-bond donors (Lipinski definition) is 2. The van der Waals surface area contributed by atoms with Crippen molar-refractivity contribution in [3.8, 4) is 17.0 Å². The maximum atomic E-state index is 13.0. The molecule has 154 valence electrons. The van der Waals surface area contributed by atoms with Gasteiger partial charge in [-0.3, -0.25) is 0 Å². The van der Waals surface area contributed by atoms with Crippen LogP contribution < -0.4 is 5.32 Å². The molecule has 0 unspecified atom stereocenters. The van der Waals surface area contributed by atoms with Gasteiger partial charge in [-0.1, -0.05) is 0 Å². The number of anilines is 1. The predicted molar refractivity (Wildman–Crippen MR) is 102 cm³/mol. The van der Waals surface area contributed by atoms with E-state index in [1.54, 1.807) is 12.3 Å². The van der Waals surface area contributed by atoms with Gasteiger partial charge in [0.05, 0.1) is 11.3 Å². The summed E-state index contributed by atoms with van der Waals surface area (Å²) in [6.07, 6.45) is -0.786. The Kier molecular flexibility index (Phi) is 4.81. The lowest BCUT2D eigenvalue weighted by molar-refractivity contribution is -0.137. The van der Waals surface area contributed by atoms with Crippen LogP contribution in [0.25, 0.3) is 17.0 Å². The number of phenolic OH excluding ortho intramolecular Hbond substituents is 1. The standard InChI is InChI=1S/C19H21F3N6O/c1-11-8-12(19(20,21)22)9-15(29)16(11)14-5-7-28-18(24-14)25-17(26-28)23-13-4-3-6-27(2)10-13/h5,7-9,13,29H,3-4,6,10H2,1-2H3,(H,23,26)/t13-/m1/s1. The fourth-order valence-electron chi connectivity index (χ4n) is 3.71. The number of aromatic hydroxyl groups is 1. The molecule has 0 bridgehead atoms. The van der Waals surface area contributed by atoms with Gasteiger partial charge in [-0.2, -0.15) is 18.2 Å². The lowest BCUT2D eigenvalue weighted by Crippen LogP contribution is -2.39. The normalized spacial score (nSPS) is 18.3. The number of rotatable bonds is 3. The van der Waals surface area contributed by atoms with Crippen LogP contribution in [0.2, 0.25) is 0 Å². The smallest absolute Gasteiger partial charge is 0.416 e. The van der Waals surface area contributed by atoms with Crippen LogP contribution in [-0.4, -0.2) is 55.8 Å². The van der Waals surface area contributed by atoms with Crippen molar-refractivity contribution in [3.05, 3.63) is 35.5 Å². The summed E-state index contributed by atoms with van der Waals surface area (Å²) in [6.45, 7) is 3.47. The number of aryl methyl sites for hydroxylation is 1. The molecule has 0 aliphatic carbocycles. The molecule has 1 aromatic carbocycles. The van der Waals surface area contributed by atoms with E-state index in [1.165, 1.54) is 11.4 Å². The molecule has 4 rings (SSSR count). The molecule has 10 heteroatoms. The Morgan fingerprint density at radius 1 is 1.24 bits per heavy atom. The molecule has 0 amide bonds. The zero-order chi connectivity index (χ0) is 20.8. The Hall–Kier alpha value is -2.88. The number of aromatic nitrogens is 4. The average molecular weight is 406 g/mol. The quantitative estimate of drug-likeness (QED) is 0.695. The van der Waals surface area contributed by atoms with Gasteiger partial charge in [-0.15, -0.1) is 5.10 Å². The van der Waals surface area contributed by atoms with E-state index in [2.05, 4.69) is 32.3 Å². The third-order valence-corrected chi connectivity index (χ3v) is 5.06. The first kappa shape index (κ1) is 19.4. The number of likely N-dealkylation sites (tertiary alicyclic amines) is 1. The molecule has 29 heavy (non-hydrogen) atoms. The van der Waals surface area contributed by atoms with Gasteiger partial charge in [0, 0.05) is 24.3 Å². The summed E-state index contributed by atoms with van der Waals surface area (Å²) in [5.74, 6) is 0.272. The van der Waals surface area contributed by atoms with Crippen molar-refractivity contribution in [1.29, 1.82) is 0 Å². The average Bonchev–Trinajstić information content (AvgIpc) is 3.02. The Labute approximate surface area is 165 Å². The Bertz CT molecular complexity index is 1030. The second kappa shape index (κ2) is 7.18. The van der Waals surface area contributed by atoms with Gasteiger partial charge in [-0.25, -0.2) is 9.50 Å². The Morgan fingerprint density at radius 3 is 2.72 bits per heavy atom. The zero-order valence-electron chi connectivity index (χ0n) is 16.0. The monoisotopic (exact) mass is 406 g/mol. The molecular formula is C19H21F3N6O. The van der Waals surface area contributed by atoms with Crippen molar-refractivity contribution >= 4 is 11.7 Å². The second-order valence-corrected chi connectivity index (χ2v) is 7.42. The van der Waals surface area contributed by atoms with Crippen LogP contribution in [0.15, 0.2) is 24.4 Å². The maximum Gasteiger partial charge on any atom is 0.416 e. The molecule has 0 saturated carbocycles. The fourth-order valence-corrected chi connectivity index (χ4v) is 3.71. The van der Waals surface area contributed by atoms with Crippen molar-refractivity contribution in [2.24, 2.45) is 0 Å². The summed E-state index contributed by atoms with van der Waals surface area (Å²) in [5, 5.41) is 17.9. The summed E-state index contributed by atoms with van der Waals surface area (Å²) in [6, 6.07) is 3.55. The molecule has 1 aliphatic heterocycles. The van der Waals surface area contributed by atoms with Gasteiger partial charge in [0.2, 0.25) is 5.95 Å². The van der Waals surface area contributed by atoms with Gasteiger partial charge in [0.15, 0.2) is 0 Å². The Balaban J connectivity index is 1.64. The van der Waals surface area contributed by atoms with Crippen molar-refractivity contribution in [2.75, 3.05) is 25.5 Å². The topological polar surface area (TPSA) is 78.6 Å². The highest BCUT2D eigenvalue weighted by atomic mass is 19.4. The number of nitrogens with zero attached hydrogens (tertiary/aromatic N) is 5. The zero-order valence-corrected chi connectivity index (χ0v) is 16.0. The molecule has 2 aromatic heterocycles. The molecule has 2 N–H and O–H groups in total. The van der Waals surface area contributed by atoms with E-state index in [-0.39, 0.29) is 17.2 Å². The first-order valence-electron chi connectivity index (χ1n) is 9.30. The maximum absolute atomic E-state index is 13.0. The minimum absolute atomic E-state index is 0.242. The number of halogens is 3. The van der Waals surface area contributed by atoms with E-state index < -0.39 is 17.5 Å². The highest BCUT2D eigenvalue weighted by molar-refractivity contribution is 5.72. The van der Waals surface area contributed by atoms with Gasteiger partial charge >= 0.3 is 6.18 Å². The van der Waals surface area contributed by atoms with Gasteiger partial charge in [-0.05, 0) is 57.1 Å². The number of likely N-dealkylation sites (N-methyl/N-ethyl adjacent to an activating group) is 1. The molecule has 3 aromatic rings. The SMILES string of the molecule is Cc1cc(C(F)(F)F)cc(O)c1-c1ccn2nc(N[C@@H]3CCCN(C)C3)nc2n1. The van der Waals surface area contributed by atoms with Crippen LogP contribution in [0.4, 0.5) is 19.1 Å². The molecular weight excluding hydrogens is 385 g/mol. The molecule has 1 atom stereocenters. The second-order valence-electron chi connectivity index (χ2n) is 7.42. The van der Waals surface area contributed by atoms with Gasteiger partial charge in [0.25, 0.3) is 5.78 Å². The van der Waals surface area contributed by atoms with E-state index in [0.717, 1.165) is 32.0 Å². The van der Waals surface area contributed by atoms with Crippen LogP contribution in [-0.2, 0) is 6.18 Å². The minimum atomic E-state index is -4.53. The number of benzene rings is 1. The van der Waals surface area contributed by atoms with E-state index in [9.17, 15) is 18.3 Å². The third-order valence-electron chi connectivity index (χ3n) is 5.06. The largest absolute Gasteiger partial charge is 0.507 e. The molecule has 0 spiro atoms. The summed E-state index contributed by atoms with van der Waals surface area (Å²) >= 11 is 0. The van der Waals surface area contributed by atoms with Crippen LogP contribution in [0.3, 0.4) is 0 Å². The first-order chi connectivity index (χ1) is 13.7. The Morgan fingerprint density at radius 2 is 2.03 bits per heavy atom. The van der Waals surface area contributed by atoms with Gasteiger partial charge < -0.3 is 15.3 Å². The summed E-state index contributed by atoms with van der Waals surface area (Å²) in [4.78, 5) is 11.0. The molecule has 1 saturated heterocycles. The molecule has 7 nitrogen and oxygen atoms in total. The van der Waals surface area contributed by atoms with Crippen molar-refractivity contribution in [3.63, 3.8) is 0 Å². The van der Waals surface area contributed by atoms with Crippen LogP contribution >= 0.6 is 0 Å². The van der Waals surface area contributed by atoms with E-state index in [0.29, 0.717) is 23.5 Å². The predicted octanol–water partition coefficient (Wildman–Crippen LogP) is 3.33. The first-order valence-corrected chi connectivity index (χ1v) is 9.30.